The molecule has 1 N–H and O–H groups in total. The fraction of sp³-hybridized carbons (Fsp3) is 0.0625. The van der Waals surface area contributed by atoms with Crippen molar-refractivity contribution in [3.05, 3.63) is 64.8 Å². The lowest BCUT2D eigenvalue weighted by atomic mass is 10.2. The monoisotopic (exact) mass is 295 g/mol. The molecule has 2 heterocycles. The summed E-state index contributed by atoms with van der Waals surface area (Å²) in [6.45, 7) is 2.01. The van der Waals surface area contributed by atoms with Gasteiger partial charge in [-0.1, -0.05) is 12.1 Å². The van der Waals surface area contributed by atoms with Crippen LogP contribution in [0.15, 0.2) is 58.7 Å². The molecule has 0 bridgehead atoms. The Labute approximate surface area is 127 Å². The summed E-state index contributed by atoms with van der Waals surface area (Å²) in [4.78, 5) is 21.0. The Morgan fingerprint density at radius 1 is 1.24 bits per heavy atom. The van der Waals surface area contributed by atoms with E-state index >= 15 is 0 Å². The number of aromatic nitrogens is 1. The molecule has 3 rings (SSSR count). The van der Waals surface area contributed by atoms with E-state index in [-0.39, 0.29) is 5.91 Å². The molecule has 104 valence electrons. The quantitative estimate of drug-likeness (QED) is 0.865. The van der Waals surface area contributed by atoms with Gasteiger partial charge in [0.2, 0.25) is 0 Å². The van der Waals surface area contributed by atoms with Gasteiger partial charge >= 0.3 is 0 Å². The van der Waals surface area contributed by atoms with Gasteiger partial charge in [0.15, 0.2) is 5.17 Å². The van der Waals surface area contributed by atoms with E-state index in [1.165, 1.54) is 11.8 Å². The van der Waals surface area contributed by atoms with Crippen molar-refractivity contribution >= 4 is 34.6 Å². The smallest absolute Gasteiger partial charge is 0.264 e. The minimum absolute atomic E-state index is 0.122. The summed E-state index contributed by atoms with van der Waals surface area (Å²) in [5, 5.41) is 3.38. The van der Waals surface area contributed by atoms with E-state index in [4.69, 9.17) is 0 Å². The van der Waals surface area contributed by atoms with Gasteiger partial charge in [-0.2, -0.15) is 0 Å². The van der Waals surface area contributed by atoms with Gasteiger partial charge in [0, 0.05) is 12.4 Å². The lowest BCUT2D eigenvalue weighted by Crippen LogP contribution is -2.19. The van der Waals surface area contributed by atoms with Crippen LogP contribution in [0.1, 0.15) is 11.1 Å². The number of nitrogens with one attached hydrogen (secondary N) is 1. The molecule has 0 unspecified atom stereocenters. The second kappa shape index (κ2) is 5.93. The number of hydrogen-bond donors (Lipinski definition) is 1. The molecule has 5 heteroatoms. The van der Waals surface area contributed by atoms with E-state index in [0.29, 0.717) is 10.1 Å². The zero-order chi connectivity index (χ0) is 14.7. The number of thioether (sulfide) groups is 1. The average Bonchev–Trinajstić information content (AvgIpc) is 2.80. The van der Waals surface area contributed by atoms with Crippen LogP contribution < -0.4 is 5.32 Å². The first-order valence-electron chi connectivity index (χ1n) is 6.47. The summed E-state index contributed by atoms with van der Waals surface area (Å²) in [7, 11) is 0. The third-order valence-electron chi connectivity index (χ3n) is 2.89. The molecule has 1 aromatic carbocycles. The SMILES string of the molecule is Cc1cccc(N=C2NC(=O)/C(=C\c3ccncc3)S2)c1. The number of carbonyl (C=O) groups excluding carboxylic acids is 1. The molecule has 0 spiro atoms. The van der Waals surface area contributed by atoms with Gasteiger partial charge < -0.3 is 5.32 Å². The maximum absolute atomic E-state index is 11.9. The van der Waals surface area contributed by atoms with Crippen LogP contribution in [0.3, 0.4) is 0 Å². The summed E-state index contributed by atoms with van der Waals surface area (Å²) in [5.41, 5.74) is 2.92. The van der Waals surface area contributed by atoms with Gasteiger partial charge in [0.05, 0.1) is 10.6 Å². The molecule has 0 aliphatic carbocycles. The second-order valence-electron chi connectivity index (χ2n) is 4.60. The number of amidine groups is 1. The number of nitrogens with zero attached hydrogens (tertiary/aromatic N) is 2. The molecular formula is C16H13N3OS. The summed E-state index contributed by atoms with van der Waals surface area (Å²) in [5.74, 6) is -0.122. The van der Waals surface area contributed by atoms with E-state index in [0.717, 1.165) is 16.8 Å². The first-order chi connectivity index (χ1) is 10.2. The number of amides is 1. The predicted octanol–water partition coefficient (Wildman–Crippen LogP) is 3.28. The van der Waals surface area contributed by atoms with Crippen molar-refractivity contribution in [2.75, 3.05) is 0 Å². The van der Waals surface area contributed by atoms with Gasteiger partial charge in [-0.3, -0.25) is 9.78 Å². The van der Waals surface area contributed by atoms with Crippen molar-refractivity contribution in [1.29, 1.82) is 0 Å². The van der Waals surface area contributed by atoms with Gasteiger partial charge in [-0.05, 0) is 60.2 Å². The van der Waals surface area contributed by atoms with E-state index in [9.17, 15) is 4.79 Å². The molecule has 0 radical (unpaired) electrons. The molecule has 1 fully saturated rings. The molecule has 1 aromatic heterocycles. The number of benzene rings is 1. The number of hydrogen-bond acceptors (Lipinski definition) is 4. The number of rotatable bonds is 2. The molecule has 1 aliphatic rings. The average molecular weight is 295 g/mol. The van der Waals surface area contributed by atoms with Crippen LogP contribution in [-0.2, 0) is 4.79 Å². The van der Waals surface area contributed by atoms with Crippen LogP contribution in [0.25, 0.3) is 6.08 Å². The Morgan fingerprint density at radius 2 is 2.05 bits per heavy atom. The predicted molar refractivity (Wildman–Crippen MR) is 86.2 cm³/mol. The summed E-state index contributed by atoms with van der Waals surface area (Å²) in [6.07, 6.45) is 5.23. The number of aliphatic imine (C=N–C) groups is 1. The van der Waals surface area contributed by atoms with Crippen molar-refractivity contribution in [2.45, 2.75) is 6.92 Å². The van der Waals surface area contributed by atoms with Crippen LogP contribution in [0.4, 0.5) is 5.69 Å². The van der Waals surface area contributed by atoms with Gasteiger partial charge in [0.1, 0.15) is 0 Å². The molecule has 0 saturated carbocycles. The van der Waals surface area contributed by atoms with Crippen molar-refractivity contribution in [3.8, 4) is 0 Å². The fourth-order valence-electron chi connectivity index (χ4n) is 1.91. The number of pyridine rings is 1. The summed E-state index contributed by atoms with van der Waals surface area (Å²) in [6, 6.07) is 11.6. The highest BCUT2D eigenvalue weighted by Gasteiger charge is 2.23. The summed E-state index contributed by atoms with van der Waals surface area (Å²) >= 11 is 1.34. The van der Waals surface area contributed by atoms with Crippen LogP contribution in [0.5, 0.6) is 0 Å². The van der Waals surface area contributed by atoms with Crippen LogP contribution in [-0.4, -0.2) is 16.1 Å². The third-order valence-corrected chi connectivity index (χ3v) is 3.80. The van der Waals surface area contributed by atoms with Crippen molar-refractivity contribution < 1.29 is 4.79 Å². The first-order valence-corrected chi connectivity index (χ1v) is 7.29. The molecule has 21 heavy (non-hydrogen) atoms. The Balaban J connectivity index is 1.83. The maximum atomic E-state index is 11.9. The number of carbonyl (C=O) groups is 1. The molecule has 2 aromatic rings. The Bertz CT molecular complexity index is 738. The highest BCUT2D eigenvalue weighted by molar-refractivity contribution is 8.18. The van der Waals surface area contributed by atoms with Crippen LogP contribution >= 0.6 is 11.8 Å². The maximum Gasteiger partial charge on any atom is 0.264 e. The first kappa shape index (κ1) is 13.6. The molecule has 1 saturated heterocycles. The third kappa shape index (κ3) is 3.38. The highest BCUT2D eigenvalue weighted by Crippen LogP contribution is 2.28. The highest BCUT2D eigenvalue weighted by atomic mass is 32.2. The lowest BCUT2D eigenvalue weighted by molar-refractivity contribution is -0.115. The molecule has 4 nitrogen and oxygen atoms in total. The van der Waals surface area contributed by atoms with Crippen molar-refractivity contribution in [2.24, 2.45) is 4.99 Å². The lowest BCUT2D eigenvalue weighted by Gasteiger charge is -1.97. The standard InChI is InChI=1S/C16H13N3OS/c1-11-3-2-4-13(9-11)18-16-19-15(20)14(21-16)10-12-5-7-17-8-6-12/h2-10H,1H3,(H,18,19,20)/b14-10+. The number of aryl methyl sites for hydroxylation is 1. The second-order valence-corrected chi connectivity index (χ2v) is 5.63. The van der Waals surface area contributed by atoms with Gasteiger partial charge in [0.25, 0.3) is 5.91 Å². The Kier molecular flexibility index (Phi) is 3.83. The Morgan fingerprint density at radius 3 is 2.81 bits per heavy atom. The van der Waals surface area contributed by atoms with Crippen molar-refractivity contribution in [1.82, 2.24) is 10.3 Å². The topological polar surface area (TPSA) is 54.4 Å². The summed E-state index contributed by atoms with van der Waals surface area (Å²) < 4.78 is 0. The zero-order valence-corrected chi connectivity index (χ0v) is 12.2. The largest absolute Gasteiger partial charge is 0.300 e. The minimum Gasteiger partial charge on any atom is -0.300 e. The van der Waals surface area contributed by atoms with Crippen LogP contribution in [0, 0.1) is 6.92 Å². The van der Waals surface area contributed by atoms with Gasteiger partial charge in [-0.15, -0.1) is 0 Å². The molecular weight excluding hydrogens is 282 g/mol. The van der Waals surface area contributed by atoms with Crippen molar-refractivity contribution in [3.63, 3.8) is 0 Å². The van der Waals surface area contributed by atoms with Crippen LogP contribution in [0.2, 0.25) is 0 Å². The van der Waals surface area contributed by atoms with E-state index < -0.39 is 0 Å². The zero-order valence-electron chi connectivity index (χ0n) is 11.4. The molecule has 1 amide bonds. The van der Waals surface area contributed by atoms with Gasteiger partial charge in [-0.25, -0.2) is 4.99 Å². The van der Waals surface area contributed by atoms with E-state index in [1.807, 2.05) is 49.4 Å². The molecule has 0 atom stereocenters. The normalized spacial score (nSPS) is 18.2. The minimum atomic E-state index is -0.122. The van der Waals surface area contributed by atoms with E-state index in [1.54, 1.807) is 12.4 Å². The van der Waals surface area contributed by atoms with E-state index in [2.05, 4.69) is 15.3 Å². The Hall–Kier alpha value is -2.40. The fourth-order valence-corrected chi connectivity index (χ4v) is 2.75. The molecule has 1 aliphatic heterocycles.